The number of aliphatic hydroxyl groups excluding tert-OH is 1. The second-order valence-electron chi connectivity index (χ2n) is 7.18. The Labute approximate surface area is 168 Å². The number of aliphatic hydroxyl groups is 1. The molecule has 0 saturated carbocycles. The highest BCUT2D eigenvalue weighted by Crippen LogP contribution is 2.40. The molecule has 5 nitrogen and oxygen atoms in total. The van der Waals surface area contributed by atoms with Crippen molar-refractivity contribution < 1.29 is 19.4 Å². The Balaban J connectivity index is 1.57. The summed E-state index contributed by atoms with van der Waals surface area (Å²) in [5.74, 6) is -1.06. The van der Waals surface area contributed by atoms with Gasteiger partial charge < -0.3 is 14.7 Å². The van der Waals surface area contributed by atoms with Crippen LogP contribution in [-0.2, 0) is 20.7 Å². The minimum Gasteiger partial charge on any atom is -0.503 e. The highest BCUT2D eigenvalue weighted by Gasteiger charge is 2.44. The van der Waals surface area contributed by atoms with Crippen molar-refractivity contribution in [1.29, 1.82) is 0 Å². The molecule has 1 fully saturated rings. The number of ether oxygens (including phenoxy) is 1. The number of hydrogen-bond acceptors (Lipinski definition) is 5. The molecule has 6 heteroatoms. The molecule has 2 unspecified atom stereocenters. The Morgan fingerprint density at radius 3 is 2.71 bits per heavy atom. The zero-order valence-electron chi connectivity index (χ0n) is 15.5. The number of carbonyl (C=O) groups is 2. The van der Waals surface area contributed by atoms with Crippen LogP contribution in [0.4, 0.5) is 0 Å². The van der Waals surface area contributed by atoms with Crippen LogP contribution in [0.15, 0.2) is 59.2 Å². The Hall–Kier alpha value is -2.44. The van der Waals surface area contributed by atoms with Crippen molar-refractivity contribution in [2.75, 3.05) is 13.2 Å². The molecular weight excluding hydrogens is 374 g/mol. The van der Waals surface area contributed by atoms with Gasteiger partial charge in [0.1, 0.15) is 0 Å². The van der Waals surface area contributed by atoms with E-state index in [4.69, 9.17) is 4.74 Å². The van der Waals surface area contributed by atoms with Gasteiger partial charge in [-0.3, -0.25) is 9.59 Å². The summed E-state index contributed by atoms with van der Waals surface area (Å²) in [5.41, 5.74) is 1.28. The van der Waals surface area contributed by atoms with Crippen molar-refractivity contribution in [3.05, 3.63) is 69.6 Å². The van der Waals surface area contributed by atoms with Gasteiger partial charge in [0.05, 0.1) is 17.7 Å². The first-order valence-corrected chi connectivity index (χ1v) is 10.5. The number of nitrogens with zero attached hydrogens (tertiary/aromatic N) is 1. The van der Waals surface area contributed by atoms with Gasteiger partial charge >= 0.3 is 0 Å². The fraction of sp³-hybridized carbons (Fsp3) is 0.364. The Morgan fingerprint density at radius 1 is 1.21 bits per heavy atom. The molecule has 2 aliphatic rings. The maximum atomic E-state index is 13.0. The molecule has 0 aliphatic carbocycles. The summed E-state index contributed by atoms with van der Waals surface area (Å²) < 4.78 is 5.69. The van der Waals surface area contributed by atoms with Crippen LogP contribution in [0.2, 0.25) is 0 Å². The van der Waals surface area contributed by atoms with Gasteiger partial charge in [-0.2, -0.15) is 0 Å². The zero-order valence-corrected chi connectivity index (χ0v) is 16.4. The molecule has 2 aromatic rings. The average molecular weight is 397 g/mol. The standard InChI is InChI=1S/C22H23NO4S/c24-17(11-10-15-6-2-1-3-7-15)19-20(18-9-5-13-28-18)23(22(26)21(19)25)14-16-8-4-12-27-16/h1-3,5-7,9,13,16,20,25H,4,8,10-12,14H2. The van der Waals surface area contributed by atoms with Crippen molar-refractivity contribution in [1.82, 2.24) is 4.90 Å². The predicted molar refractivity (Wildman–Crippen MR) is 107 cm³/mol. The fourth-order valence-corrected chi connectivity index (χ4v) is 4.76. The third kappa shape index (κ3) is 3.75. The number of carbonyl (C=O) groups excluding carboxylic acids is 2. The normalized spacial score (nSPS) is 22.3. The maximum Gasteiger partial charge on any atom is 0.290 e. The first-order chi connectivity index (χ1) is 13.6. The zero-order chi connectivity index (χ0) is 19.5. The van der Waals surface area contributed by atoms with Gasteiger partial charge in [0, 0.05) is 24.4 Å². The molecule has 1 aromatic carbocycles. The lowest BCUT2D eigenvalue weighted by Gasteiger charge is -2.27. The number of thiophene rings is 1. The molecule has 3 heterocycles. The van der Waals surface area contributed by atoms with Gasteiger partial charge in [-0.1, -0.05) is 36.4 Å². The first-order valence-electron chi connectivity index (χ1n) is 9.61. The smallest absolute Gasteiger partial charge is 0.290 e. The minimum atomic E-state index is -0.528. The van der Waals surface area contributed by atoms with E-state index in [9.17, 15) is 14.7 Å². The van der Waals surface area contributed by atoms with Gasteiger partial charge in [0.25, 0.3) is 5.91 Å². The Morgan fingerprint density at radius 2 is 2.04 bits per heavy atom. The molecule has 2 atom stereocenters. The molecule has 1 N–H and O–H groups in total. The van der Waals surface area contributed by atoms with Crippen molar-refractivity contribution in [3.63, 3.8) is 0 Å². The summed E-state index contributed by atoms with van der Waals surface area (Å²) in [7, 11) is 0. The molecule has 2 aliphatic heterocycles. The van der Waals surface area contributed by atoms with E-state index in [2.05, 4.69) is 0 Å². The predicted octanol–water partition coefficient (Wildman–Crippen LogP) is 3.82. The van der Waals surface area contributed by atoms with E-state index in [1.807, 2.05) is 47.8 Å². The van der Waals surface area contributed by atoms with Crippen molar-refractivity contribution in [3.8, 4) is 0 Å². The number of ketones is 1. The summed E-state index contributed by atoms with van der Waals surface area (Å²) in [5, 5.41) is 12.5. The lowest BCUT2D eigenvalue weighted by Crippen LogP contribution is -2.37. The molecular formula is C22H23NO4S. The quantitative estimate of drug-likeness (QED) is 0.771. The third-order valence-corrected chi connectivity index (χ3v) is 6.25. The van der Waals surface area contributed by atoms with Gasteiger partial charge in [0.15, 0.2) is 11.5 Å². The molecule has 1 amide bonds. The van der Waals surface area contributed by atoms with E-state index in [0.717, 1.165) is 23.3 Å². The SMILES string of the molecule is O=C(CCc1ccccc1)C1=C(O)C(=O)N(CC2CCCO2)C1c1cccs1. The van der Waals surface area contributed by atoms with Crippen LogP contribution < -0.4 is 0 Å². The summed E-state index contributed by atoms with van der Waals surface area (Å²) in [6, 6.07) is 13.0. The van der Waals surface area contributed by atoms with Crippen LogP contribution in [0.25, 0.3) is 0 Å². The third-order valence-electron chi connectivity index (χ3n) is 5.32. The number of rotatable bonds is 7. The highest BCUT2D eigenvalue weighted by atomic mass is 32.1. The molecule has 28 heavy (non-hydrogen) atoms. The maximum absolute atomic E-state index is 13.0. The summed E-state index contributed by atoms with van der Waals surface area (Å²) >= 11 is 1.49. The van der Waals surface area contributed by atoms with Crippen LogP contribution in [0.1, 0.15) is 35.7 Å². The topological polar surface area (TPSA) is 66.8 Å². The molecule has 0 bridgehead atoms. The lowest BCUT2D eigenvalue weighted by molar-refractivity contribution is -0.131. The monoisotopic (exact) mass is 397 g/mol. The molecule has 0 spiro atoms. The number of aryl methyl sites for hydroxylation is 1. The summed E-state index contributed by atoms with van der Waals surface area (Å²) in [6.45, 7) is 1.08. The Kier molecular flexibility index (Phi) is 5.59. The Bertz CT molecular complexity index is 869. The van der Waals surface area contributed by atoms with E-state index in [-0.39, 0.29) is 23.9 Å². The van der Waals surface area contributed by atoms with Crippen molar-refractivity contribution in [2.24, 2.45) is 0 Å². The van der Waals surface area contributed by atoms with Crippen LogP contribution in [0.3, 0.4) is 0 Å². The molecule has 146 valence electrons. The molecule has 1 aromatic heterocycles. The first kappa shape index (κ1) is 18.9. The van der Waals surface area contributed by atoms with E-state index in [1.54, 1.807) is 4.90 Å². The number of benzene rings is 1. The minimum absolute atomic E-state index is 0.0435. The molecule has 1 saturated heterocycles. The van der Waals surface area contributed by atoms with Crippen molar-refractivity contribution >= 4 is 23.0 Å². The largest absolute Gasteiger partial charge is 0.503 e. The highest BCUT2D eigenvalue weighted by molar-refractivity contribution is 7.10. The number of amides is 1. The van der Waals surface area contributed by atoms with Crippen molar-refractivity contribution in [2.45, 2.75) is 37.8 Å². The summed E-state index contributed by atoms with van der Waals surface area (Å²) in [4.78, 5) is 28.3. The van der Waals surface area contributed by atoms with E-state index in [0.29, 0.717) is 19.6 Å². The lowest BCUT2D eigenvalue weighted by atomic mass is 9.97. The fourth-order valence-electron chi connectivity index (χ4n) is 3.91. The number of hydrogen-bond donors (Lipinski definition) is 1. The second kappa shape index (κ2) is 8.29. The van der Waals surface area contributed by atoms with Gasteiger partial charge in [-0.15, -0.1) is 11.3 Å². The van der Waals surface area contributed by atoms with Crippen LogP contribution >= 0.6 is 11.3 Å². The summed E-state index contributed by atoms with van der Waals surface area (Å²) in [6.07, 6.45) is 2.65. The van der Waals surface area contributed by atoms with Gasteiger partial charge in [-0.05, 0) is 36.3 Å². The second-order valence-corrected chi connectivity index (χ2v) is 8.16. The van der Waals surface area contributed by atoms with Crippen LogP contribution in [0.5, 0.6) is 0 Å². The van der Waals surface area contributed by atoms with Gasteiger partial charge in [-0.25, -0.2) is 0 Å². The number of Topliss-reactive ketones (excluding diaryl/α,β-unsaturated/α-hetero) is 1. The van der Waals surface area contributed by atoms with E-state index in [1.165, 1.54) is 11.3 Å². The van der Waals surface area contributed by atoms with Crippen LogP contribution in [0, 0.1) is 0 Å². The molecule has 0 radical (unpaired) electrons. The van der Waals surface area contributed by atoms with E-state index < -0.39 is 17.7 Å². The van der Waals surface area contributed by atoms with Crippen LogP contribution in [-0.4, -0.2) is 41.0 Å². The molecule has 4 rings (SSSR count). The van der Waals surface area contributed by atoms with Gasteiger partial charge in [0.2, 0.25) is 0 Å². The average Bonchev–Trinajstić information content (AvgIpc) is 3.46. The van der Waals surface area contributed by atoms with E-state index >= 15 is 0 Å².